The molecule has 2 heteroatoms. The summed E-state index contributed by atoms with van der Waals surface area (Å²) in [6, 6.07) is 2.62. The molecule has 0 amide bonds. The molecular weight excluding hydrogens is 220 g/mol. The zero-order valence-corrected chi connectivity index (χ0v) is 11.7. The number of aromatic nitrogens is 1. The molecule has 0 atom stereocenters. The van der Waals surface area contributed by atoms with E-state index in [1.54, 1.807) is 0 Å². The molecule has 18 heavy (non-hydrogen) atoms. The second kappa shape index (κ2) is 5.38. The maximum absolute atomic E-state index is 4.53. The maximum atomic E-state index is 4.53. The molecule has 1 aliphatic heterocycles. The Hall–Kier alpha value is -1.57. The fourth-order valence-corrected chi connectivity index (χ4v) is 2.35. The first kappa shape index (κ1) is 12.9. The van der Waals surface area contributed by atoms with Gasteiger partial charge in [0.25, 0.3) is 0 Å². The van der Waals surface area contributed by atoms with Crippen molar-refractivity contribution >= 4 is 11.8 Å². The van der Waals surface area contributed by atoms with Crippen molar-refractivity contribution in [2.75, 3.05) is 11.4 Å². The molecule has 1 aromatic rings. The summed E-state index contributed by atoms with van der Waals surface area (Å²) in [6.07, 6.45) is 10.4. The largest absolute Gasteiger partial charge is 0.363 e. The number of allylic oxidation sites excluding steroid dienone is 2. The lowest BCUT2D eigenvalue weighted by atomic mass is 9.98. The Bertz CT molecular complexity index is 470. The lowest BCUT2D eigenvalue weighted by Gasteiger charge is -2.32. The van der Waals surface area contributed by atoms with Crippen LogP contribution in [0.5, 0.6) is 0 Å². The van der Waals surface area contributed by atoms with Crippen LogP contribution in [-0.4, -0.2) is 17.6 Å². The van der Waals surface area contributed by atoms with Crippen LogP contribution < -0.4 is 4.90 Å². The summed E-state index contributed by atoms with van der Waals surface area (Å²) in [5.41, 5.74) is 3.76. The molecule has 0 radical (unpaired) electrons. The van der Waals surface area contributed by atoms with E-state index < -0.39 is 0 Å². The van der Waals surface area contributed by atoms with Gasteiger partial charge in [0.05, 0.1) is 11.4 Å². The molecule has 96 valence electrons. The van der Waals surface area contributed by atoms with Crippen molar-refractivity contribution in [2.24, 2.45) is 0 Å². The Kier molecular flexibility index (Phi) is 3.85. The van der Waals surface area contributed by atoms with Gasteiger partial charge in [0.1, 0.15) is 0 Å². The van der Waals surface area contributed by atoms with E-state index in [9.17, 15) is 0 Å². The summed E-state index contributed by atoms with van der Waals surface area (Å²) in [7, 11) is 0. The van der Waals surface area contributed by atoms with E-state index in [2.05, 4.69) is 67.9 Å². The molecule has 0 fully saturated rings. The minimum absolute atomic E-state index is 0.474. The van der Waals surface area contributed by atoms with Crippen LogP contribution in [0.25, 0.3) is 6.08 Å². The van der Waals surface area contributed by atoms with Gasteiger partial charge in [0, 0.05) is 18.8 Å². The summed E-state index contributed by atoms with van der Waals surface area (Å²) >= 11 is 0. The lowest BCUT2D eigenvalue weighted by Crippen LogP contribution is -2.33. The maximum Gasteiger partial charge on any atom is 0.0866 e. The first-order chi connectivity index (χ1) is 8.61. The van der Waals surface area contributed by atoms with E-state index >= 15 is 0 Å². The predicted molar refractivity (Wildman–Crippen MR) is 79.0 cm³/mol. The first-order valence-electron chi connectivity index (χ1n) is 6.70. The Morgan fingerprint density at radius 3 is 2.61 bits per heavy atom. The van der Waals surface area contributed by atoms with Crippen molar-refractivity contribution in [3.05, 3.63) is 41.7 Å². The summed E-state index contributed by atoms with van der Waals surface area (Å²) < 4.78 is 0. The topological polar surface area (TPSA) is 16.1 Å². The fraction of sp³-hybridized carbons (Fsp3) is 0.438. The Morgan fingerprint density at radius 1 is 1.17 bits per heavy atom. The molecule has 0 spiro atoms. The van der Waals surface area contributed by atoms with Crippen molar-refractivity contribution in [1.82, 2.24) is 4.98 Å². The van der Waals surface area contributed by atoms with Crippen LogP contribution in [0, 0.1) is 0 Å². The van der Waals surface area contributed by atoms with E-state index in [1.807, 2.05) is 6.20 Å². The van der Waals surface area contributed by atoms with Crippen molar-refractivity contribution in [3.8, 4) is 0 Å². The Morgan fingerprint density at radius 2 is 1.94 bits per heavy atom. The number of rotatable bonds is 2. The third kappa shape index (κ3) is 2.47. The van der Waals surface area contributed by atoms with Gasteiger partial charge in [-0.3, -0.25) is 4.98 Å². The van der Waals surface area contributed by atoms with Crippen LogP contribution in [0.1, 0.15) is 44.9 Å². The molecule has 0 unspecified atom stereocenters. The molecule has 2 nitrogen and oxygen atoms in total. The standard InChI is InChI=1S/C16H22N2/c1-12(2)14-9-10-17-15-8-6-5-7-11-18(13(3)4)16(14)15/h5-10,12-13H,11H2,1-4H3/b7-5-,8-6?. The van der Waals surface area contributed by atoms with Gasteiger partial charge in [-0.1, -0.05) is 32.1 Å². The van der Waals surface area contributed by atoms with Crippen molar-refractivity contribution < 1.29 is 0 Å². The lowest BCUT2D eigenvalue weighted by molar-refractivity contribution is 0.708. The third-order valence-electron chi connectivity index (χ3n) is 3.32. The normalized spacial score (nSPS) is 16.7. The highest BCUT2D eigenvalue weighted by atomic mass is 15.2. The summed E-state index contributed by atoms with van der Waals surface area (Å²) in [6.45, 7) is 9.90. The van der Waals surface area contributed by atoms with Crippen LogP contribution in [0.15, 0.2) is 30.5 Å². The van der Waals surface area contributed by atoms with Crippen LogP contribution in [0.4, 0.5) is 5.69 Å². The number of anilines is 1. The molecule has 0 saturated heterocycles. The second-order valence-electron chi connectivity index (χ2n) is 5.32. The van der Waals surface area contributed by atoms with Crippen LogP contribution in [0.3, 0.4) is 0 Å². The quantitative estimate of drug-likeness (QED) is 0.779. The zero-order valence-electron chi connectivity index (χ0n) is 11.7. The summed E-state index contributed by atoms with van der Waals surface area (Å²) in [4.78, 5) is 6.96. The highest BCUT2D eigenvalue weighted by molar-refractivity contribution is 5.70. The number of hydrogen-bond donors (Lipinski definition) is 0. The van der Waals surface area contributed by atoms with Gasteiger partial charge in [-0.2, -0.15) is 0 Å². The van der Waals surface area contributed by atoms with Gasteiger partial charge < -0.3 is 4.90 Å². The molecule has 0 N–H and O–H groups in total. The van der Waals surface area contributed by atoms with Gasteiger partial charge in [0.15, 0.2) is 0 Å². The van der Waals surface area contributed by atoms with Crippen molar-refractivity contribution in [3.63, 3.8) is 0 Å². The SMILES string of the molecule is CC(C)c1ccnc2c1N(C(C)C)C/C=C\C=C2. The Balaban J connectivity index is 2.61. The van der Waals surface area contributed by atoms with Gasteiger partial charge in [-0.15, -0.1) is 0 Å². The van der Waals surface area contributed by atoms with E-state index in [1.165, 1.54) is 11.3 Å². The highest BCUT2D eigenvalue weighted by Crippen LogP contribution is 2.32. The van der Waals surface area contributed by atoms with Crippen molar-refractivity contribution in [2.45, 2.75) is 39.7 Å². The zero-order chi connectivity index (χ0) is 13.1. The predicted octanol–water partition coefficient (Wildman–Crippen LogP) is 4.00. The van der Waals surface area contributed by atoms with Crippen LogP contribution in [-0.2, 0) is 0 Å². The highest BCUT2D eigenvalue weighted by Gasteiger charge is 2.19. The van der Waals surface area contributed by atoms with Gasteiger partial charge in [-0.05, 0) is 37.5 Å². The number of fused-ring (bicyclic) bond motifs is 1. The summed E-state index contributed by atoms with van der Waals surface area (Å²) in [5.74, 6) is 0.514. The molecule has 0 aliphatic carbocycles. The van der Waals surface area contributed by atoms with Crippen molar-refractivity contribution in [1.29, 1.82) is 0 Å². The molecule has 2 rings (SSSR count). The van der Waals surface area contributed by atoms with Crippen LogP contribution >= 0.6 is 0 Å². The summed E-state index contributed by atoms with van der Waals surface area (Å²) in [5, 5.41) is 0. The minimum atomic E-state index is 0.474. The number of nitrogens with zero attached hydrogens (tertiary/aromatic N) is 2. The molecule has 1 aliphatic rings. The smallest absolute Gasteiger partial charge is 0.0866 e. The molecule has 0 saturated carbocycles. The third-order valence-corrected chi connectivity index (χ3v) is 3.32. The fourth-order valence-electron chi connectivity index (χ4n) is 2.35. The minimum Gasteiger partial charge on any atom is -0.363 e. The average molecular weight is 242 g/mol. The molecular formula is C16H22N2. The molecule has 0 aromatic carbocycles. The van der Waals surface area contributed by atoms with E-state index in [0.29, 0.717) is 12.0 Å². The second-order valence-corrected chi connectivity index (χ2v) is 5.32. The van der Waals surface area contributed by atoms with Crippen LogP contribution in [0.2, 0.25) is 0 Å². The first-order valence-corrected chi connectivity index (χ1v) is 6.70. The van der Waals surface area contributed by atoms with E-state index in [-0.39, 0.29) is 0 Å². The Labute approximate surface area is 110 Å². The van der Waals surface area contributed by atoms with Gasteiger partial charge in [-0.25, -0.2) is 0 Å². The number of hydrogen-bond acceptors (Lipinski definition) is 2. The molecule has 2 heterocycles. The number of pyridine rings is 1. The van der Waals surface area contributed by atoms with E-state index in [4.69, 9.17) is 0 Å². The van der Waals surface area contributed by atoms with E-state index in [0.717, 1.165) is 12.2 Å². The van der Waals surface area contributed by atoms with Gasteiger partial charge in [0.2, 0.25) is 0 Å². The van der Waals surface area contributed by atoms with Gasteiger partial charge >= 0.3 is 0 Å². The molecule has 1 aromatic heterocycles. The average Bonchev–Trinajstić information content (AvgIpc) is 2.28. The monoisotopic (exact) mass is 242 g/mol. The molecule has 0 bridgehead atoms.